The third-order valence-corrected chi connectivity index (χ3v) is 1.93. The highest BCUT2D eigenvalue weighted by atomic mass is 79.9. The zero-order valence-corrected chi connectivity index (χ0v) is 7.76. The summed E-state index contributed by atoms with van der Waals surface area (Å²) >= 11 is 2.92. The number of methoxy groups -OCH3 is 1. The number of halogens is 2. The van der Waals surface area contributed by atoms with Gasteiger partial charge in [-0.3, -0.25) is 0 Å². The first-order chi connectivity index (χ1) is 5.69. The molecule has 64 valence electrons. The molecule has 0 aliphatic carbocycles. The van der Waals surface area contributed by atoms with Crippen LogP contribution in [0.15, 0.2) is 21.8 Å². The number of rotatable bonds is 2. The van der Waals surface area contributed by atoms with Gasteiger partial charge in [-0.25, -0.2) is 4.39 Å². The molecule has 1 aromatic rings. The summed E-state index contributed by atoms with van der Waals surface area (Å²) in [7, 11) is 1.34. The molecule has 0 unspecified atom stereocenters. The van der Waals surface area contributed by atoms with Gasteiger partial charge in [0, 0.05) is 6.07 Å². The zero-order chi connectivity index (χ0) is 9.14. The van der Waals surface area contributed by atoms with Crippen molar-refractivity contribution in [2.24, 2.45) is 5.18 Å². The highest BCUT2D eigenvalue weighted by Gasteiger charge is 2.08. The van der Waals surface area contributed by atoms with Crippen LogP contribution in [0.1, 0.15) is 0 Å². The van der Waals surface area contributed by atoms with E-state index >= 15 is 0 Å². The Balaban J connectivity index is 3.28. The van der Waals surface area contributed by atoms with Crippen molar-refractivity contribution in [3.05, 3.63) is 27.3 Å². The molecule has 0 N–H and O–H groups in total. The summed E-state index contributed by atoms with van der Waals surface area (Å²) in [5, 5.41) is 2.67. The van der Waals surface area contributed by atoms with Crippen LogP contribution in [0, 0.1) is 10.7 Å². The van der Waals surface area contributed by atoms with Crippen LogP contribution in [-0.2, 0) is 0 Å². The summed E-state index contributed by atoms with van der Waals surface area (Å²) in [6.07, 6.45) is 0. The van der Waals surface area contributed by atoms with Gasteiger partial charge in [0.15, 0.2) is 11.4 Å². The molecule has 0 fully saturated rings. The van der Waals surface area contributed by atoms with Crippen LogP contribution in [0.3, 0.4) is 0 Å². The fraction of sp³-hybridized carbons (Fsp3) is 0.143. The first-order valence-corrected chi connectivity index (χ1v) is 3.84. The lowest BCUT2D eigenvalue weighted by Crippen LogP contribution is -1.85. The zero-order valence-electron chi connectivity index (χ0n) is 6.17. The van der Waals surface area contributed by atoms with E-state index in [1.807, 2.05) is 0 Å². The van der Waals surface area contributed by atoms with E-state index < -0.39 is 5.82 Å². The smallest absolute Gasteiger partial charge is 0.151 e. The predicted molar refractivity (Wildman–Crippen MR) is 46.1 cm³/mol. The molecule has 0 heterocycles. The Morgan fingerprint density at radius 1 is 1.58 bits per heavy atom. The first-order valence-electron chi connectivity index (χ1n) is 3.05. The van der Waals surface area contributed by atoms with Gasteiger partial charge in [-0.15, -0.1) is 4.91 Å². The minimum absolute atomic E-state index is 0.0748. The van der Waals surface area contributed by atoms with Crippen molar-refractivity contribution >= 4 is 21.6 Å². The van der Waals surface area contributed by atoms with Gasteiger partial charge >= 0.3 is 0 Å². The Morgan fingerprint density at radius 3 is 2.75 bits per heavy atom. The van der Waals surface area contributed by atoms with Crippen molar-refractivity contribution in [1.29, 1.82) is 0 Å². The lowest BCUT2D eigenvalue weighted by molar-refractivity contribution is 0.412. The maximum absolute atomic E-state index is 12.8. The van der Waals surface area contributed by atoms with E-state index in [9.17, 15) is 9.30 Å². The van der Waals surface area contributed by atoms with E-state index in [4.69, 9.17) is 4.74 Å². The van der Waals surface area contributed by atoms with Crippen molar-refractivity contribution in [2.45, 2.75) is 0 Å². The Labute approximate surface area is 76.6 Å². The SMILES string of the molecule is COc1cc(F)c(Br)cc1N=O. The topological polar surface area (TPSA) is 38.7 Å². The Morgan fingerprint density at radius 2 is 2.25 bits per heavy atom. The summed E-state index contributed by atoms with van der Waals surface area (Å²) in [5.74, 6) is -0.357. The van der Waals surface area contributed by atoms with Crippen molar-refractivity contribution in [1.82, 2.24) is 0 Å². The Kier molecular flexibility index (Phi) is 2.75. The van der Waals surface area contributed by atoms with Gasteiger partial charge in [-0.2, -0.15) is 0 Å². The molecule has 0 aliphatic rings. The highest BCUT2D eigenvalue weighted by Crippen LogP contribution is 2.32. The predicted octanol–water partition coefficient (Wildman–Crippen LogP) is 2.99. The van der Waals surface area contributed by atoms with E-state index in [1.165, 1.54) is 13.2 Å². The number of benzene rings is 1. The number of ether oxygens (including phenoxy) is 1. The molecule has 0 bridgehead atoms. The Hall–Kier alpha value is -0.970. The van der Waals surface area contributed by atoms with Crippen molar-refractivity contribution in [3.8, 4) is 5.75 Å². The summed E-state index contributed by atoms with van der Waals surface area (Å²) < 4.78 is 17.7. The number of hydrogen-bond donors (Lipinski definition) is 0. The van der Waals surface area contributed by atoms with Crippen LogP contribution in [0.25, 0.3) is 0 Å². The van der Waals surface area contributed by atoms with E-state index in [1.54, 1.807) is 0 Å². The van der Waals surface area contributed by atoms with E-state index in [-0.39, 0.29) is 15.9 Å². The lowest BCUT2D eigenvalue weighted by Gasteiger charge is -2.02. The minimum Gasteiger partial charge on any atom is -0.494 e. The molecule has 0 saturated heterocycles. The van der Waals surface area contributed by atoms with Crippen LogP contribution in [0.2, 0.25) is 0 Å². The summed E-state index contributed by atoms with van der Waals surface area (Å²) in [4.78, 5) is 10.2. The van der Waals surface area contributed by atoms with E-state index in [2.05, 4.69) is 21.1 Å². The second kappa shape index (κ2) is 3.62. The van der Waals surface area contributed by atoms with Gasteiger partial charge in [0.05, 0.1) is 11.6 Å². The second-order valence-electron chi connectivity index (χ2n) is 2.03. The molecular weight excluding hydrogens is 229 g/mol. The van der Waals surface area contributed by atoms with E-state index in [0.717, 1.165) is 6.07 Å². The monoisotopic (exact) mass is 233 g/mol. The molecule has 0 amide bonds. The summed E-state index contributed by atoms with van der Waals surface area (Å²) in [6, 6.07) is 2.36. The van der Waals surface area contributed by atoms with Crippen molar-refractivity contribution in [2.75, 3.05) is 7.11 Å². The molecule has 1 aromatic carbocycles. The Bertz CT molecular complexity index is 317. The maximum Gasteiger partial charge on any atom is 0.151 e. The molecule has 0 radical (unpaired) electrons. The van der Waals surface area contributed by atoms with Gasteiger partial charge in [0.25, 0.3) is 0 Å². The molecule has 0 saturated carbocycles. The summed E-state index contributed by atoms with van der Waals surface area (Å²) in [5.41, 5.74) is 0.0748. The second-order valence-corrected chi connectivity index (χ2v) is 2.88. The third-order valence-electron chi connectivity index (χ3n) is 1.32. The maximum atomic E-state index is 12.8. The fourth-order valence-electron chi connectivity index (χ4n) is 0.753. The normalized spacial score (nSPS) is 9.58. The molecule has 5 heteroatoms. The van der Waals surface area contributed by atoms with Crippen LogP contribution in [0.5, 0.6) is 5.75 Å². The molecule has 0 aliphatic heterocycles. The molecule has 0 spiro atoms. The van der Waals surface area contributed by atoms with Crippen LogP contribution in [-0.4, -0.2) is 7.11 Å². The molecule has 0 atom stereocenters. The van der Waals surface area contributed by atoms with Gasteiger partial charge in [0.1, 0.15) is 5.82 Å². The number of nitroso groups, excluding NO2 is 1. The minimum atomic E-state index is -0.487. The highest BCUT2D eigenvalue weighted by molar-refractivity contribution is 9.10. The molecule has 1 rings (SSSR count). The van der Waals surface area contributed by atoms with Crippen molar-refractivity contribution in [3.63, 3.8) is 0 Å². The van der Waals surface area contributed by atoms with Gasteiger partial charge in [-0.05, 0) is 27.2 Å². The van der Waals surface area contributed by atoms with Crippen LogP contribution >= 0.6 is 15.9 Å². The lowest BCUT2D eigenvalue weighted by atomic mass is 10.3. The number of hydrogen-bond acceptors (Lipinski definition) is 3. The van der Waals surface area contributed by atoms with Crippen molar-refractivity contribution < 1.29 is 9.13 Å². The van der Waals surface area contributed by atoms with Gasteiger partial charge < -0.3 is 4.74 Å². The average Bonchev–Trinajstić information content (AvgIpc) is 2.09. The first kappa shape index (κ1) is 9.12. The quantitative estimate of drug-likeness (QED) is 0.737. The largest absolute Gasteiger partial charge is 0.494 e. The van der Waals surface area contributed by atoms with E-state index in [0.29, 0.717) is 0 Å². The average molecular weight is 234 g/mol. The number of nitrogens with zero attached hydrogens (tertiary/aromatic N) is 1. The standard InChI is InChI=1S/C7H5BrFNO2/c1-12-7-3-5(9)4(8)2-6(7)10-11/h2-3H,1H3. The molecule has 3 nitrogen and oxygen atoms in total. The van der Waals surface area contributed by atoms with Crippen LogP contribution < -0.4 is 4.74 Å². The summed E-state index contributed by atoms with van der Waals surface area (Å²) in [6.45, 7) is 0. The fourth-order valence-corrected chi connectivity index (χ4v) is 1.08. The molecular formula is C7H5BrFNO2. The van der Waals surface area contributed by atoms with Crippen LogP contribution in [0.4, 0.5) is 10.1 Å². The van der Waals surface area contributed by atoms with Gasteiger partial charge in [0.2, 0.25) is 0 Å². The molecule has 0 aromatic heterocycles. The van der Waals surface area contributed by atoms with Gasteiger partial charge in [-0.1, -0.05) is 0 Å². The third kappa shape index (κ3) is 1.61. The molecule has 12 heavy (non-hydrogen) atoms.